The molecule has 37 heavy (non-hydrogen) atoms. The van der Waals surface area contributed by atoms with Gasteiger partial charge in [-0.05, 0) is 30.2 Å². The third-order valence-corrected chi connectivity index (χ3v) is 6.22. The number of rotatable bonds is 8. The summed E-state index contributed by atoms with van der Waals surface area (Å²) in [5, 5.41) is 11.2. The quantitative estimate of drug-likeness (QED) is 0.392. The van der Waals surface area contributed by atoms with Crippen LogP contribution in [0.2, 0.25) is 0 Å². The molecule has 8 heteroatoms. The van der Waals surface area contributed by atoms with Crippen LogP contribution in [0, 0.1) is 12.7 Å². The first-order valence-corrected chi connectivity index (χ1v) is 11.9. The van der Waals surface area contributed by atoms with E-state index in [1.807, 2.05) is 61.5 Å². The summed E-state index contributed by atoms with van der Waals surface area (Å²) in [5.74, 6) is -1.10. The Morgan fingerprint density at radius 1 is 1.03 bits per heavy atom. The van der Waals surface area contributed by atoms with Gasteiger partial charge in [-0.2, -0.15) is 0 Å². The van der Waals surface area contributed by atoms with Crippen LogP contribution in [0.3, 0.4) is 0 Å². The van der Waals surface area contributed by atoms with Crippen molar-refractivity contribution >= 4 is 11.7 Å². The number of halogens is 1. The highest BCUT2D eigenvalue weighted by atomic mass is 19.1. The molecule has 1 aliphatic rings. The van der Waals surface area contributed by atoms with Gasteiger partial charge in [0, 0.05) is 17.7 Å². The van der Waals surface area contributed by atoms with E-state index in [1.165, 1.54) is 16.8 Å². The molecule has 1 aromatic heterocycles. The van der Waals surface area contributed by atoms with E-state index in [2.05, 4.69) is 15.6 Å². The largest absolute Gasteiger partial charge is 0.364 e. The molecule has 0 aliphatic carbocycles. The van der Waals surface area contributed by atoms with Crippen molar-refractivity contribution in [1.29, 1.82) is 0 Å². The first kappa shape index (κ1) is 24.3. The van der Waals surface area contributed by atoms with Crippen molar-refractivity contribution in [1.82, 2.24) is 20.3 Å². The summed E-state index contributed by atoms with van der Waals surface area (Å²) < 4.78 is 20.9. The third kappa shape index (κ3) is 5.54. The van der Waals surface area contributed by atoms with E-state index in [0.717, 1.165) is 16.7 Å². The smallest absolute Gasteiger partial charge is 0.250 e. The Balaban J connectivity index is 1.40. The molecule has 0 fully saturated rings. The van der Waals surface area contributed by atoms with Crippen LogP contribution < -0.4 is 5.32 Å². The number of nitrogens with one attached hydrogen (secondary N) is 1. The van der Waals surface area contributed by atoms with Crippen molar-refractivity contribution in [2.75, 3.05) is 6.61 Å². The second kappa shape index (κ2) is 10.7. The Morgan fingerprint density at radius 2 is 1.76 bits per heavy atom. The summed E-state index contributed by atoms with van der Waals surface area (Å²) in [6.45, 7) is 2.16. The lowest BCUT2D eigenvalue weighted by Crippen LogP contribution is -2.28. The second-order valence-electron chi connectivity index (χ2n) is 8.89. The fourth-order valence-corrected chi connectivity index (χ4v) is 4.22. The molecule has 1 unspecified atom stereocenters. The molecule has 186 valence electrons. The zero-order valence-electron chi connectivity index (χ0n) is 20.2. The molecule has 1 amide bonds. The molecule has 2 heterocycles. The van der Waals surface area contributed by atoms with Crippen LogP contribution in [0.25, 0.3) is 11.3 Å². The highest BCUT2D eigenvalue weighted by molar-refractivity contribution is 6.07. The minimum Gasteiger partial charge on any atom is -0.364 e. The summed E-state index contributed by atoms with van der Waals surface area (Å²) in [4.78, 5) is 26.7. The summed E-state index contributed by atoms with van der Waals surface area (Å²) >= 11 is 0. The first-order chi connectivity index (χ1) is 18.0. The number of hydrogen-bond donors (Lipinski definition) is 1. The topological polar surface area (TPSA) is 86.1 Å². The molecule has 0 spiro atoms. The monoisotopic (exact) mass is 496 g/mol. The number of carbonyl (C=O) groups excluding carboxylic acids is 2. The minimum absolute atomic E-state index is 0.0333. The molecule has 1 atom stereocenters. The van der Waals surface area contributed by atoms with Crippen molar-refractivity contribution < 1.29 is 18.7 Å². The van der Waals surface area contributed by atoms with Crippen molar-refractivity contribution in [3.05, 3.63) is 119 Å². The summed E-state index contributed by atoms with van der Waals surface area (Å²) in [5.41, 5.74) is 4.68. The number of hydrogen-bond acceptors (Lipinski definition) is 5. The van der Waals surface area contributed by atoms with Crippen LogP contribution >= 0.6 is 0 Å². The van der Waals surface area contributed by atoms with Crippen molar-refractivity contribution in [3.63, 3.8) is 0 Å². The molecule has 5 rings (SSSR count). The predicted molar refractivity (Wildman–Crippen MR) is 136 cm³/mol. The number of carbonyl (C=O) groups is 2. The molecular weight excluding hydrogens is 471 g/mol. The number of aromatic nitrogens is 3. The van der Waals surface area contributed by atoms with Gasteiger partial charge in [0.15, 0.2) is 5.78 Å². The third-order valence-electron chi connectivity index (χ3n) is 6.22. The lowest BCUT2D eigenvalue weighted by Gasteiger charge is -2.15. The normalized spacial score (nSPS) is 15.1. The van der Waals surface area contributed by atoms with Gasteiger partial charge in [0.1, 0.15) is 24.2 Å². The van der Waals surface area contributed by atoms with E-state index < -0.39 is 17.8 Å². The van der Waals surface area contributed by atoms with E-state index in [0.29, 0.717) is 17.8 Å². The van der Waals surface area contributed by atoms with Gasteiger partial charge in [0.2, 0.25) is 0 Å². The maximum atomic E-state index is 13.5. The SMILES string of the molecule is Cc1ccc(CNC(=O)C2=C(C(=O)Cn3cc(-c4ccccc4)nn3)COC2c2ccc(F)cc2)cc1. The fraction of sp³-hybridized carbons (Fsp3) is 0.172. The maximum absolute atomic E-state index is 13.5. The summed E-state index contributed by atoms with van der Waals surface area (Å²) in [6, 6.07) is 23.1. The Bertz CT molecular complexity index is 1440. The second-order valence-corrected chi connectivity index (χ2v) is 8.89. The van der Waals surface area contributed by atoms with Gasteiger partial charge in [0.25, 0.3) is 5.91 Å². The Hall–Kier alpha value is -4.43. The molecule has 1 aliphatic heterocycles. The van der Waals surface area contributed by atoms with Crippen molar-refractivity contribution in [2.45, 2.75) is 26.1 Å². The van der Waals surface area contributed by atoms with E-state index >= 15 is 0 Å². The van der Waals surface area contributed by atoms with Crippen LogP contribution in [0.4, 0.5) is 4.39 Å². The zero-order chi connectivity index (χ0) is 25.8. The highest BCUT2D eigenvalue weighted by Crippen LogP contribution is 2.35. The van der Waals surface area contributed by atoms with Gasteiger partial charge in [-0.15, -0.1) is 5.10 Å². The number of nitrogens with zero attached hydrogens (tertiary/aromatic N) is 3. The van der Waals surface area contributed by atoms with E-state index in [4.69, 9.17) is 4.74 Å². The Kier molecular flexibility index (Phi) is 7.00. The molecule has 4 aromatic rings. The van der Waals surface area contributed by atoms with Crippen molar-refractivity contribution in [2.24, 2.45) is 0 Å². The molecule has 0 saturated heterocycles. The molecule has 3 aromatic carbocycles. The standard InChI is InChI=1S/C29H25FN4O3/c1-19-7-9-20(10-8-19)15-31-29(36)27-24(18-37-28(27)22-11-13-23(30)14-12-22)26(35)17-34-16-25(32-33-34)21-5-3-2-4-6-21/h2-14,16,28H,15,17-18H2,1H3,(H,31,36). The van der Waals surface area contributed by atoms with Gasteiger partial charge < -0.3 is 10.1 Å². The lowest BCUT2D eigenvalue weighted by molar-refractivity contribution is -0.119. The number of benzene rings is 3. The van der Waals surface area contributed by atoms with E-state index in [1.54, 1.807) is 18.3 Å². The number of amides is 1. The first-order valence-electron chi connectivity index (χ1n) is 11.9. The highest BCUT2D eigenvalue weighted by Gasteiger charge is 2.35. The fourth-order valence-electron chi connectivity index (χ4n) is 4.22. The van der Waals surface area contributed by atoms with Gasteiger partial charge in [-0.1, -0.05) is 77.5 Å². The number of Topliss-reactive ketones (excluding diaryl/α,β-unsaturated/α-hetero) is 1. The summed E-state index contributed by atoms with van der Waals surface area (Å²) in [7, 11) is 0. The van der Waals surface area contributed by atoms with Crippen LogP contribution in [-0.4, -0.2) is 33.3 Å². The maximum Gasteiger partial charge on any atom is 0.250 e. The van der Waals surface area contributed by atoms with Gasteiger partial charge >= 0.3 is 0 Å². The molecule has 1 N–H and O–H groups in total. The minimum atomic E-state index is -0.784. The molecule has 0 bridgehead atoms. The van der Waals surface area contributed by atoms with E-state index in [-0.39, 0.29) is 30.1 Å². The van der Waals surface area contributed by atoms with Crippen LogP contribution in [0.1, 0.15) is 22.8 Å². The number of ketones is 1. The molecule has 7 nitrogen and oxygen atoms in total. The average molecular weight is 497 g/mol. The number of aryl methyl sites for hydroxylation is 1. The van der Waals surface area contributed by atoms with Crippen molar-refractivity contribution in [3.8, 4) is 11.3 Å². The Morgan fingerprint density at radius 3 is 2.49 bits per heavy atom. The van der Waals surface area contributed by atoms with Crippen LogP contribution in [0.15, 0.2) is 96.2 Å². The van der Waals surface area contributed by atoms with Crippen LogP contribution in [-0.2, 0) is 27.4 Å². The summed E-state index contributed by atoms with van der Waals surface area (Å²) in [6.07, 6.45) is 0.909. The van der Waals surface area contributed by atoms with Gasteiger partial charge in [-0.25, -0.2) is 9.07 Å². The van der Waals surface area contributed by atoms with E-state index in [9.17, 15) is 14.0 Å². The molecule has 0 saturated carbocycles. The molecular formula is C29H25FN4O3. The number of ether oxygens (including phenoxy) is 1. The lowest BCUT2D eigenvalue weighted by atomic mass is 9.96. The average Bonchev–Trinajstić information content (AvgIpc) is 3.57. The molecule has 0 radical (unpaired) electrons. The van der Waals surface area contributed by atoms with Gasteiger partial charge in [0.05, 0.1) is 18.4 Å². The zero-order valence-corrected chi connectivity index (χ0v) is 20.2. The van der Waals surface area contributed by atoms with Gasteiger partial charge in [-0.3, -0.25) is 9.59 Å². The Labute approximate surface area is 213 Å². The predicted octanol–water partition coefficient (Wildman–Crippen LogP) is 4.35. The van der Waals surface area contributed by atoms with Crippen LogP contribution in [0.5, 0.6) is 0 Å².